The molecule has 1 heterocycles. The molecule has 2 amide bonds. The van der Waals surface area contributed by atoms with E-state index < -0.39 is 24.1 Å². The summed E-state index contributed by atoms with van der Waals surface area (Å²) in [5.41, 5.74) is 0. The number of aliphatic hydroxyl groups excluding tert-OH is 1. The molecule has 2 unspecified atom stereocenters. The minimum absolute atomic E-state index is 0.0946. The van der Waals surface area contributed by atoms with Crippen LogP contribution in [0.25, 0.3) is 0 Å². The van der Waals surface area contributed by atoms with Crippen molar-refractivity contribution in [3.05, 3.63) is 0 Å². The molecule has 6 nitrogen and oxygen atoms in total. The van der Waals surface area contributed by atoms with Crippen LogP contribution in [0.4, 0.5) is 4.79 Å². The van der Waals surface area contributed by atoms with Crippen LogP contribution in [-0.4, -0.2) is 51.3 Å². The molecule has 0 aromatic carbocycles. The number of carbonyl (C=O) groups excluding carboxylic acids is 1. The fourth-order valence-electron chi connectivity index (χ4n) is 2.42. The molecule has 0 radical (unpaired) electrons. The maximum Gasteiger partial charge on any atom is 0.328 e. The number of amides is 2. The van der Waals surface area contributed by atoms with Crippen LogP contribution in [0.2, 0.25) is 0 Å². The first-order chi connectivity index (χ1) is 8.34. The highest BCUT2D eigenvalue weighted by Gasteiger charge is 2.32. The minimum Gasteiger partial charge on any atom is -0.480 e. The number of nitrogens with zero attached hydrogens (tertiary/aromatic N) is 1. The number of aliphatic carboxylic acids is 1. The number of carboxylic acids is 1. The summed E-state index contributed by atoms with van der Waals surface area (Å²) in [6.07, 6.45) is 1.79. The van der Waals surface area contributed by atoms with Gasteiger partial charge in [-0.2, -0.15) is 0 Å². The molecule has 1 aliphatic heterocycles. The fraction of sp³-hybridized carbons (Fsp3) is 0.833. The van der Waals surface area contributed by atoms with Crippen LogP contribution in [-0.2, 0) is 4.79 Å². The number of hydrogen-bond donors (Lipinski definition) is 3. The number of aliphatic hydroxyl groups is 1. The SMILES string of the molecule is CC(O)C(NC(=O)N1[C@H](C)CCC[C@@H]1C)C(=O)O. The van der Waals surface area contributed by atoms with Gasteiger partial charge in [-0.3, -0.25) is 0 Å². The summed E-state index contributed by atoms with van der Waals surface area (Å²) in [7, 11) is 0. The Balaban J connectivity index is 2.70. The van der Waals surface area contributed by atoms with Crippen LogP contribution >= 0.6 is 0 Å². The monoisotopic (exact) mass is 258 g/mol. The highest BCUT2D eigenvalue weighted by Crippen LogP contribution is 2.22. The largest absolute Gasteiger partial charge is 0.480 e. The lowest BCUT2D eigenvalue weighted by molar-refractivity contribution is -0.141. The van der Waals surface area contributed by atoms with Crippen molar-refractivity contribution < 1.29 is 19.8 Å². The minimum atomic E-state index is -1.26. The zero-order chi connectivity index (χ0) is 13.9. The van der Waals surface area contributed by atoms with E-state index in [1.54, 1.807) is 4.90 Å². The van der Waals surface area contributed by atoms with Gasteiger partial charge < -0.3 is 20.4 Å². The Morgan fingerprint density at radius 3 is 2.17 bits per heavy atom. The Bertz CT molecular complexity index is 309. The lowest BCUT2D eigenvalue weighted by Gasteiger charge is -2.39. The third-order valence-electron chi connectivity index (χ3n) is 3.46. The van der Waals surface area contributed by atoms with E-state index in [2.05, 4.69) is 5.32 Å². The molecule has 0 aromatic heterocycles. The molecule has 4 atom stereocenters. The Labute approximate surface area is 107 Å². The van der Waals surface area contributed by atoms with Gasteiger partial charge in [0.05, 0.1) is 6.10 Å². The van der Waals surface area contributed by atoms with Crippen LogP contribution in [0.15, 0.2) is 0 Å². The van der Waals surface area contributed by atoms with E-state index in [-0.39, 0.29) is 12.1 Å². The second-order valence-corrected chi connectivity index (χ2v) is 5.04. The smallest absolute Gasteiger partial charge is 0.328 e. The van der Waals surface area contributed by atoms with Gasteiger partial charge in [0.2, 0.25) is 0 Å². The topological polar surface area (TPSA) is 89.9 Å². The Hall–Kier alpha value is -1.30. The van der Waals surface area contributed by atoms with E-state index in [1.165, 1.54) is 6.92 Å². The van der Waals surface area contributed by atoms with Crippen molar-refractivity contribution in [1.82, 2.24) is 10.2 Å². The molecule has 0 bridgehead atoms. The van der Waals surface area contributed by atoms with Crippen LogP contribution < -0.4 is 5.32 Å². The molecular formula is C12H22N2O4. The Kier molecular flexibility index (Phi) is 4.95. The van der Waals surface area contributed by atoms with Crippen LogP contribution in [0, 0.1) is 0 Å². The average Bonchev–Trinajstić information content (AvgIpc) is 2.24. The molecular weight excluding hydrogens is 236 g/mol. The Morgan fingerprint density at radius 1 is 1.28 bits per heavy atom. The normalized spacial score (nSPS) is 27.4. The second-order valence-electron chi connectivity index (χ2n) is 5.04. The summed E-state index contributed by atoms with van der Waals surface area (Å²) in [5, 5.41) is 20.7. The molecule has 0 saturated carbocycles. The van der Waals surface area contributed by atoms with Crippen molar-refractivity contribution >= 4 is 12.0 Å². The van der Waals surface area contributed by atoms with E-state index in [9.17, 15) is 14.7 Å². The zero-order valence-electron chi connectivity index (χ0n) is 11.1. The summed E-state index contributed by atoms with van der Waals surface area (Å²) in [5.74, 6) is -1.23. The molecule has 18 heavy (non-hydrogen) atoms. The number of carbonyl (C=O) groups is 2. The lowest BCUT2D eigenvalue weighted by Crippen LogP contribution is -2.57. The molecule has 1 rings (SSSR count). The first-order valence-electron chi connectivity index (χ1n) is 6.34. The summed E-state index contributed by atoms with van der Waals surface area (Å²) in [6, 6.07) is -1.49. The van der Waals surface area contributed by atoms with Gasteiger partial charge in [-0.1, -0.05) is 0 Å². The maximum atomic E-state index is 12.1. The number of urea groups is 1. The number of nitrogens with one attached hydrogen (secondary N) is 1. The van der Waals surface area contributed by atoms with Crippen molar-refractivity contribution in [3.8, 4) is 0 Å². The third kappa shape index (κ3) is 3.35. The predicted octanol–water partition coefficient (Wildman–Crippen LogP) is 0.793. The quantitative estimate of drug-likeness (QED) is 0.698. The van der Waals surface area contributed by atoms with Gasteiger partial charge in [-0.15, -0.1) is 0 Å². The first-order valence-corrected chi connectivity index (χ1v) is 6.34. The van der Waals surface area contributed by atoms with Gasteiger partial charge in [0.25, 0.3) is 0 Å². The molecule has 0 aliphatic carbocycles. The van der Waals surface area contributed by atoms with E-state index in [0.29, 0.717) is 0 Å². The van der Waals surface area contributed by atoms with Crippen LogP contribution in [0.1, 0.15) is 40.0 Å². The molecule has 0 spiro atoms. The molecule has 104 valence electrons. The molecule has 0 aromatic rings. The van der Waals surface area contributed by atoms with Gasteiger partial charge in [0.15, 0.2) is 6.04 Å². The van der Waals surface area contributed by atoms with Crippen LogP contribution in [0.3, 0.4) is 0 Å². The number of likely N-dealkylation sites (tertiary alicyclic amines) is 1. The zero-order valence-corrected chi connectivity index (χ0v) is 11.1. The predicted molar refractivity (Wildman–Crippen MR) is 66.3 cm³/mol. The highest BCUT2D eigenvalue weighted by molar-refractivity contribution is 5.83. The molecule has 3 N–H and O–H groups in total. The summed E-state index contributed by atoms with van der Waals surface area (Å²) < 4.78 is 0. The van der Waals surface area contributed by atoms with Crippen molar-refractivity contribution in [1.29, 1.82) is 0 Å². The van der Waals surface area contributed by atoms with E-state index in [0.717, 1.165) is 19.3 Å². The fourth-order valence-corrected chi connectivity index (χ4v) is 2.42. The van der Waals surface area contributed by atoms with Gasteiger partial charge in [0.1, 0.15) is 0 Å². The molecule has 6 heteroatoms. The Morgan fingerprint density at radius 2 is 1.78 bits per heavy atom. The van der Waals surface area contributed by atoms with E-state index in [1.807, 2.05) is 13.8 Å². The molecule has 1 fully saturated rings. The number of hydrogen-bond acceptors (Lipinski definition) is 3. The number of piperidine rings is 1. The number of rotatable bonds is 3. The van der Waals surface area contributed by atoms with Crippen molar-refractivity contribution in [3.63, 3.8) is 0 Å². The summed E-state index contributed by atoms with van der Waals surface area (Å²) >= 11 is 0. The van der Waals surface area contributed by atoms with Crippen molar-refractivity contribution in [2.24, 2.45) is 0 Å². The van der Waals surface area contributed by atoms with Gasteiger partial charge in [-0.05, 0) is 40.0 Å². The second kappa shape index (κ2) is 6.04. The maximum absolute atomic E-state index is 12.1. The van der Waals surface area contributed by atoms with Crippen molar-refractivity contribution in [2.45, 2.75) is 64.3 Å². The van der Waals surface area contributed by atoms with E-state index in [4.69, 9.17) is 5.11 Å². The van der Waals surface area contributed by atoms with Gasteiger partial charge in [0, 0.05) is 12.1 Å². The lowest BCUT2D eigenvalue weighted by atomic mass is 9.98. The van der Waals surface area contributed by atoms with Crippen molar-refractivity contribution in [2.75, 3.05) is 0 Å². The van der Waals surface area contributed by atoms with Crippen LogP contribution in [0.5, 0.6) is 0 Å². The molecule has 1 aliphatic rings. The summed E-state index contributed by atoms with van der Waals surface area (Å²) in [6.45, 7) is 5.25. The van der Waals surface area contributed by atoms with Gasteiger partial charge in [-0.25, -0.2) is 9.59 Å². The highest BCUT2D eigenvalue weighted by atomic mass is 16.4. The average molecular weight is 258 g/mol. The van der Waals surface area contributed by atoms with Gasteiger partial charge >= 0.3 is 12.0 Å². The third-order valence-corrected chi connectivity index (χ3v) is 3.46. The first kappa shape index (κ1) is 14.8. The standard InChI is InChI=1S/C12H22N2O4/c1-7-5-4-6-8(2)14(7)12(18)13-10(9(3)15)11(16)17/h7-10,15H,4-6H2,1-3H3,(H,13,18)(H,16,17)/t7-,8+,9?,10?. The molecule has 1 saturated heterocycles. The number of carboxylic acid groups (broad SMARTS) is 1. The van der Waals surface area contributed by atoms with E-state index >= 15 is 0 Å². The summed E-state index contributed by atoms with van der Waals surface area (Å²) in [4.78, 5) is 24.7.